The summed E-state index contributed by atoms with van der Waals surface area (Å²) in [5.74, 6) is 0.496. The molecule has 0 aliphatic carbocycles. The van der Waals surface area contributed by atoms with E-state index in [2.05, 4.69) is 20.1 Å². The SMILES string of the molecule is CC(c1nc(Cl)nn1-c1ncccn1)N(C)C1OC1c1cc(C(F)(F)F)cc(C(F)(F)F)c1. The van der Waals surface area contributed by atoms with Gasteiger partial charge in [0.1, 0.15) is 12.3 Å². The summed E-state index contributed by atoms with van der Waals surface area (Å²) in [6.45, 7) is 1.70. The van der Waals surface area contributed by atoms with E-state index in [0.717, 1.165) is 0 Å². The van der Waals surface area contributed by atoms with E-state index < -0.39 is 41.9 Å². The minimum absolute atomic E-state index is 0.0809. The summed E-state index contributed by atoms with van der Waals surface area (Å²) in [6.07, 6.45) is -8.71. The van der Waals surface area contributed by atoms with E-state index in [4.69, 9.17) is 16.3 Å². The Labute approximate surface area is 188 Å². The van der Waals surface area contributed by atoms with Crippen molar-refractivity contribution >= 4 is 11.6 Å². The van der Waals surface area contributed by atoms with Crippen LogP contribution in [0.3, 0.4) is 0 Å². The third-order valence-electron chi connectivity index (χ3n) is 5.14. The molecule has 33 heavy (non-hydrogen) atoms. The molecule has 0 spiro atoms. The molecule has 1 aliphatic heterocycles. The first-order valence-electron chi connectivity index (χ1n) is 9.43. The fraction of sp³-hybridized carbons (Fsp3) is 0.368. The third kappa shape index (κ3) is 4.80. The highest BCUT2D eigenvalue weighted by atomic mass is 35.5. The Hall–Kier alpha value is -2.77. The van der Waals surface area contributed by atoms with Crippen LogP contribution in [-0.4, -0.2) is 42.9 Å². The minimum Gasteiger partial charge on any atom is -0.348 e. The maximum atomic E-state index is 13.2. The molecule has 1 saturated heterocycles. The summed E-state index contributed by atoms with van der Waals surface area (Å²) >= 11 is 5.94. The molecule has 1 aromatic carbocycles. The van der Waals surface area contributed by atoms with Crippen molar-refractivity contribution in [2.24, 2.45) is 0 Å². The summed E-state index contributed by atoms with van der Waals surface area (Å²) in [5.41, 5.74) is -3.03. The Bertz CT molecular complexity index is 1120. The Morgan fingerprint density at radius 1 is 1.03 bits per heavy atom. The Morgan fingerprint density at radius 3 is 2.15 bits per heavy atom. The number of ether oxygens (including phenoxy) is 1. The van der Waals surface area contributed by atoms with E-state index in [9.17, 15) is 26.3 Å². The van der Waals surface area contributed by atoms with Gasteiger partial charge < -0.3 is 4.74 Å². The molecule has 3 heterocycles. The van der Waals surface area contributed by atoms with Gasteiger partial charge in [0, 0.05) is 12.4 Å². The number of likely N-dealkylation sites (N-methyl/N-ethyl adjacent to an activating group) is 1. The zero-order valence-electron chi connectivity index (χ0n) is 16.9. The maximum absolute atomic E-state index is 13.2. The van der Waals surface area contributed by atoms with Crippen LogP contribution in [-0.2, 0) is 17.1 Å². The first-order chi connectivity index (χ1) is 15.4. The lowest BCUT2D eigenvalue weighted by molar-refractivity contribution is -0.143. The highest BCUT2D eigenvalue weighted by Gasteiger charge is 2.48. The van der Waals surface area contributed by atoms with E-state index in [1.807, 2.05) is 0 Å². The number of hydrogen-bond donors (Lipinski definition) is 0. The van der Waals surface area contributed by atoms with Crippen molar-refractivity contribution in [1.82, 2.24) is 29.6 Å². The van der Waals surface area contributed by atoms with Crippen molar-refractivity contribution in [3.05, 3.63) is 64.5 Å². The van der Waals surface area contributed by atoms with E-state index in [-0.39, 0.29) is 22.9 Å². The first kappa shape index (κ1) is 23.4. The maximum Gasteiger partial charge on any atom is 0.416 e. The molecule has 4 rings (SSSR count). The van der Waals surface area contributed by atoms with Crippen molar-refractivity contribution in [2.45, 2.75) is 37.7 Å². The van der Waals surface area contributed by atoms with Gasteiger partial charge in [0.25, 0.3) is 5.95 Å². The fourth-order valence-corrected chi connectivity index (χ4v) is 3.48. The third-order valence-corrected chi connectivity index (χ3v) is 5.30. The van der Waals surface area contributed by atoms with Crippen LogP contribution in [0.4, 0.5) is 26.3 Å². The molecule has 0 radical (unpaired) electrons. The summed E-state index contributed by atoms with van der Waals surface area (Å²) in [6, 6.07) is 2.45. The summed E-state index contributed by atoms with van der Waals surface area (Å²) in [5, 5.41) is 3.96. The Morgan fingerprint density at radius 2 is 1.61 bits per heavy atom. The molecule has 1 aliphatic rings. The lowest BCUT2D eigenvalue weighted by Crippen LogP contribution is -2.28. The smallest absolute Gasteiger partial charge is 0.348 e. The quantitative estimate of drug-likeness (QED) is 0.375. The van der Waals surface area contributed by atoms with Crippen LogP contribution < -0.4 is 0 Å². The number of nitrogens with zero attached hydrogens (tertiary/aromatic N) is 6. The van der Waals surface area contributed by atoms with Gasteiger partial charge in [0.2, 0.25) is 5.28 Å². The van der Waals surface area contributed by atoms with Crippen LogP contribution in [0.15, 0.2) is 36.7 Å². The van der Waals surface area contributed by atoms with Gasteiger partial charge in [-0.3, -0.25) is 4.90 Å². The standard InChI is InChI=1S/C19H15ClF6N6O/c1-9(14-29-16(20)30-32(14)17-27-4-3-5-28-17)31(2)15-13(33-15)10-6-11(18(21,22)23)8-12(7-10)19(24,25)26/h3-9,13,15H,1-2H3. The molecule has 14 heteroatoms. The molecule has 0 bridgehead atoms. The predicted molar refractivity (Wildman–Crippen MR) is 102 cm³/mol. The normalized spacial score (nSPS) is 19.7. The first-order valence-corrected chi connectivity index (χ1v) is 9.80. The fourth-order valence-electron chi connectivity index (χ4n) is 3.32. The van der Waals surface area contributed by atoms with Crippen LogP contribution in [0.1, 0.15) is 41.6 Å². The van der Waals surface area contributed by atoms with Crippen LogP contribution >= 0.6 is 11.6 Å². The summed E-state index contributed by atoms with van der Waals surface area (Å²) in [7, 11) is 1.59. The molecular weight excluding hydrogens is 478 g/mol. The molecule has 3 atom stereocenters. The molecule has 176 valence electrons. The van der Waals surface area contributed by atoms with Crippen molar-refractivity contribution in [1.29, 1.82) is 0 Å². The lowest BCUT2D eigenvalue weighted by atomic mass is 10.0. The van der Waals surface area contributed by atoms with Gasteiger partial charge in [0.15, 0.2) is 5.82 Å². The van der Waals surface area contributed by atoms with E-state index in [1.165, 1.54) is 17.1 Å². The lowest BCUT2D eigenvalue weighted by Gasteiger charge is -2.22. The van der Waals surface area contributed by atoms with Crippen LogP contribution in [0.25, 0.3) is 5.95 Å². The Balaban J connectivity index is 1.61. The molecule has 3 aromatic rings. The monoisotopic (exact) mass is 492 g/mol. The van der Waals surface area contributed by atoms with Crippen molar-refractivity contribution in [3.8, 4) is 5.95 Å². The molecule has 0 amide bonds. The molecular formula is C19H15ClF6N6O. The number of hydrogen-bond acceptors (Lipinski definition) is 6. The molecule has 0 N–H and O–H groups in total. The van der Waals surface area contributed by atoms with Crippen LogP contribution in [0.5, 0.6) is 0 Å². The second-order valence-corrected chi connectivity index (χ2v) is 7.67. The largest absolute Gasteiger partial charge is 0.416 e. The number of epoxide rings is 1. The average molecular weight is 493 g/mol. The van der Waals surface area contributed by atoms with Gasteiger partial charge in [0.05, 0.1) is 17.2 Å². The number of rotatable bonds is 5. The van der Waals surface area contributed by atoms with Gasteiger partial charge in [-0.2, -0.15) is 36.0 Å². The number of halogens is 7. The molecule has 1 fully saturated rings. The Kier molecular flexibility index (Phi) is 5.83. The van der Waals surface area contributed by atoms with E-state index in [1.54, 1.807) is 24.9 Å². The van der Waals surface area contributed by atoms with Crippen molar-refractivity contribution < 1.29 is 31.1 Å². The van der Waals surface area contributed by atoms with Gasteiger partial charge in [-0.1, -0.05) is 0 Å². The van der Waals surface area contributed by atoms with E-state index >= 15 is 0 Å². The van der Waals surface area contributed by atoms with Crippen molar-refractivity contribution in [3.63, 3.8) is 0 Å². The minimum atomic E-state index is -4.94. The zero-order valence-corrected chi connectivity index (χ0v) is 17.7. The number of alkyl halides is 6. The summed E-state index contributed by atoms with van der Waals surface area (Å²) < 4.78 is 85.8. The average Bonchev–Trinajstić information content (AvgIpc) is 3.46. The zero-order chi connectivity index (χ0) is 24.1. The predicted octanol–water partition coefficient (Wildman–Crippen LogP) is 4.84. The van der Waals surface area contributed by atoms with Gasteiger partial charge >= 0.3 is 12.4 Å². The molecule has 3 unspecified atom stereocenters. The van der Waals surface area contributed by atoms with Gasteiger partial charge in [-0.25, -0.2) is 9.97 Å². The summed E-state index contributed by atoms with van der Waals surface area (Å²) in [4.78, 5) is 13.9. The number of aromatic nitrogens is 5. The molecule has 7 nitrogen and oxygen atoms in total. The second-order valence-electron chi connectivity index (χ2n) is 7.33. The van der Waals surface area contributed by atoms with Gasteiger partial charge in [-0.05, 0) is 55.4 Å². The molecule has 2 aromatic heterocycles. The van der Waals surface area contributed by atoms with Crippen molar-refractivity contribution in [2.75, 3.05) is 7.05 Å². The highest BCUT2D eigenvalue weighted by molar-refractivity contribution is 6.28. The van der Waals surface area contributed by atoms with Gasteiger partial charge in [-0.15, -0.1) is 5.10 Å². The molecule has 0 saturated carbocycles. The van der Waals surface area contributed by atoms with Crippen LogP contribution in [0, 0.1) is 0 Å². The second kappa shape index (κ2) is 8.22. The highest BCUT2D eigenvalue weighted by Crippen LogP contribution is 2.46. The topological polar surface area (TPSA) is 72.3 Å². The van der Waals surface area contributed by atoms with Crippen LogP contribution in [0.2, 0.25) is 5.28 Å². The van der Waals surface area contributed by atoms with E-state index in [0.29, 0.717) is 18.0 Å². The number of benzene rings is 1.